The van der Waals surface area contributed by atoms with E-state index in [2.05, 4.69) is 0 Å². The summed E-state index contributed by atoms with van der Waals surface area (Å²) in [5, 5.41) is 69.2. The van der Waals surface area contributed by atoms with Gasteiger partial charge in [-0.1, -0.05) is 25.5 Å². The van der Waals surface area contributed by atoms with Gasteiger partial charge in [0.25, 0.3) is 0 Å². The summed E-state index contributed by atoms with van der Waals surface area (Å²) >= 11 is 0. The van der Waals surface area contributed by atoms with E-state index in [0.29, 0.717) is 25.7 Å². The van der Waals surface area contributed by atoms with Gasteiger partial charge in [0.1, 0.15) is 53.6 Å². The van der Waals surface area contributed by atoms with Crippen LogP contribution in [0.15, 0.2) is 11.6 Å². The molecule has 0 radical (unpaired) electrons. The number of esters is 1. The molecule has 0 amide bonds. The topological polar surface area (TPSA) is 211 Å². The zero-order chi connectivity index (χ0) is 36.7. The highest BCUT2D eigenvalue weighted by molar-refractivity contribution is 5.80. The Labute approximate surface area is 293 Å². The lowest BCUT2D eigenvalue weighted by atomic mass is 9.42. The zero-order valence-corrected chi connectivity index (χ0v) is 30.1. The number of hydrogen-bond donors (Lipinski definition) is 6. The van der Waals surface area contributed by atoms with E-state index in [9.17, 15) is 40.2 Å². The van der Waals surface area contributed by atoms with E-state index in [4.69, 9.17) is 28.4 Å². The van der Waals surface area contributed by atoms with Gasteiger partial charge in [-0.15, -0.1) is 0 Å². The number of Topliss-reactive ketones (excluding diaryl/α,β-unsaturated/α-hetero) is 1. The summed E-state index contributed by atoms with van der Waals surface area (Å²) in [6.45, 7) is 9.65. The molecule has 2 saturated heterocycles. The molecule has 0 aromatic rings. The van der Waals surface area contributed by atoms with E-state index >= 15 is 0 Å². The molecule has 3 unspecified atom stereocenters. The monoisotopic (exact) mass is 712 g/mol. The van der Waals surface area contributed by atoms with Gasteiger partial charge in [-0.05, 0) is 64.7 Å². The Hall–Kier alpha value is -1.56. The van der Waals surface area contributed by atoms with Crippen LogP contribution in [0.4, 0.5) is 0 Å². The van der Waals surface area contributed by atoms with Gasteiger partial charge in [-0.2, -0.15) is 0 Å². The Balaban J connectivity index is 1.17. The van der Waals surface area contributed by atoms with E-state index in [0.717, 1.165) is 5.57 Å². The number of hydrogen-bond acceptors (Lipinski definition) is 14. The first-order valence-corrected chi connectivity index (χ1v) is 18.0. The fraction of sp³-hybridized carbons (Fsp3) is 0.889. The maximum absolute atomic E-state index is 12.8. The first-order chi connectivity index (χ1) is 23.3. The molecule has 4 aliphatic carbocycles. The van der Waals surface area contributed by atoms with Crippen LogP contribution in [0.25, 0.3) is 0 Å². The number of carbonyl (C=O) groups excluding carboxylic acids is 2. The molecule has 2 aliphatic heterocycles. The Kier molecular flexibility index (Phi) is 10.2. The first-order valence-electron chi connectivity index (χ1n) is 18.0. The summed E-state index contributed by atoms with van der Waals surface area (Å²) in [7, 11) is 1.38. The number of ketones is 1. The molecule has 5 fully saturated rings. The average molecular weight is 713 g/mol. The van der Waals surface area contributed by atoms with Crippen LogP contribution < -0.4 is 0 Å². The lowest BCUT2D eigenvalue weighted by molar-refractivity contribution is -0.342. The van der Waals surface area contributed by atoms with Gasteiger partial charge in [0.05, 0.1) is 24.4 Å². The van der Waals surface area contributed by atoms with Crippen LogP contribution in [0.5, 0.6) is 0 Å². The summed E-state index contributed by atoms with van der Waals surface area (Å²) in [5.74, 6) is -2.40. The van der Waals surface area contributed by atoms with Gasteiger partial charge in [-0.3, -0.25) is 9.59 Å². The lowest BCUT2D eigenvalue weighted by Crippen LogP contribution is -2.79. The largest absolute Gasteiger partial charge is 0.459 e. The quantitative estimate of drug-likeness (QED) is 0.158. The number of rotatable bonds is 7. The van der Waals surface area contributed by atoms with Crippen molar-refractivity contribution < 1.29 is 68.6 Å². The van der Waals surface area contributed by atoms with Crippen molar-refractivity contribution in [2.75, 3.05) is 7.11 Å². The van der Waals surface area contributed by atoms with Crippen molar-refractivity contribution in [1.82, 2.24) is 0 Å². The van der Waals surface area contributed by atoms with Gasteiger partial charge in [0.15, 0.2) is 12.6 Å². The number of aliphatic hydroxyl groups is 6. The number of ether oxygens (including phenoxy) is 6. The molecular weight excluding hydrogens is 656 g/mol. The van der Waals surface area contributed by atoms with Crippen LogP contribution >= 0.6 is 0 Å². The van der Waals surface area contributed by atoms with E-state index in [1.54, 1.807) is 20.8 Å². The minimum Gasteiger partial charge on any atom is -0.459 e. The van der Waals surface area contributed by atoms with Crippen LogP contribution in [-0.4, -0.2) is 134 Å². The standard InChI is InChI=1S/C36H56O14/c1-16(37)22-10-13-36(44)34(22,6)31(42)29(48-19(4)38)30-33(5)11-9-21(14-20(33)8-12-35(30,36)43)49-24-15-23(39)27(18(3)46-24)50-32-26(41)28(45-7)25(40)17(2)47-32/h8,17-18,21-32,39-44H,9-15H2,1-7H3/t17-,18-,21?,22-,23-,24+,25-,26-,27-,28-,29?,30-,31?,32+,33+,34+,35+,36+/m1/s1. The summed E-state index contributed by atoms with van der Waals surface area (Å²) in [6, 6.07) is 0. The van der Waals surface area contributed by atoms with E-state index < -0.39 is 107 Å². The zero-order valence-electron chi connectivity index (χ0n) is 30.1. The van der Waals surface area contributed by atoms with Crippen molar-refractivity contribution in [2.24, 2.45) is 22.7 Å². The van der Waals surface area contributed by atoms with Crippen LogP contribution in [0, 0.1) is 22.7 Å². The highest BCUT2D eigenvalue weighted by Gasteiger charge is 2.79. The highest BCUT2D eigenvalue weighted by atomic mass is 16.7. The van der Waals surface area contributed by atoms with Crippen molar-refractivity contribution in [2.45, 2.75) is 171 Å². The fourth-order valence-electron chi connectivity index (χ4n) is 10.9. The second-order valence-corrected chi connectivity index (χ2v) is 16.2. The van der Waals surface area contributed by atoms with Crippen molar-refractivity contribution in [1.29, 1.82) is 0 Å². The summed E-state index contributed by atoms with van der Waals surface area (Å²) in [6.07, 6.45) is -7.35. The predicted molar refractivity (Wildman–Crippen MR) is 173 cm³/mol. The Morgan fingerprint density at radius 3 is 2.22 bits per heavy atom. The van der Waals surface area contributed by atoms with E-state index in [1.807, 2.05) is 13.0 Å². The van der Waals surface area contributed by atoms with Crippen molar-refractivity contribution in [3.63, 3.8) is 0 Å². The van der Waals surface area contributed by atoms with Gasteiger partial charge in [0.2, 0.25) is 0 Å². The minimum atomic E-state index is -1.81. The van der Waals surface area contributed by atoms with E-state index in [1.165, 1.54) is 21.0 Å². The molecule has 6 N–H and O–H groups in total. The SMILES string of the molecule is CO[C@H]1[C@@H](O)[C@H](O[C@H]2[C@H](O)C[C@H](OC3CC[C@@]4(C)C(=CC[C@]5(O)[C@@H]4C(OC(C)=O)C(O)[C@]4(C)[C@@H](C(C)=O)CC[C@@]54O)C3)O[C@@H]2C)O[C@H](C)[C@H]1O. The van der Waals surface area contributed by atoms with Crippen LogP contribution in [0.2, 0.25) is 0 Å². The molecule has 0 bridgehead atoms. The molecule has 18 atom stereocenters. The van der Waals surface area contributed by atoms with E-state index in [-0.39, 0.29) is 31.1 Å². The maximum Gasteiger partial charge on any atom is 0.303 e. The molecule has 14 heteroatoms. The molecule has 0 spiro atoms. The normalized spacial score (nSPS) is 53.4. The summed E-state index contributed by atoms with van der Waals surface area (Å²) in [5.41, 5.74) is -4.87. The predicted octanol–water partition coefficient (Wildman–Crippen LogP) is 0.644. The Morgan fingerprint density at radius 1 is 0.900 bits per heavy atom. The van der Waals surface area contributed by atoms with Crippen LogP contribution in [0.3, 0.4) is 0 Å². The second-order valence-electron chi connectivity index (χ2n) is 16.2. The molecule has 14 nitrogen and oxygen atoms in total. The van der Waals surface area contributed by atoms with Crippen LogP contribution in [0.1, 0.15) is 86.5 Å². The third-order valence-corrected chi connectivity index (χ3v) is 13.5. The number of fused-ring (bicyclic) bond motifs is 5. The van der Waals surface area contributed by atoms with Gasteiger partial charge in [-0.25, -0.2) is 0 Å². The number of methoxy groups -OCH3 is 1. The molecule has 3 saturated carbocycles. The van der Waals surface area contributed by atoms with Gasteiger partial charge in [0, 0.05) is 37.7 Å². The minimum absolute atomic E-state index is 0.0415. The maximum atomic E-state index is 12.8. The second kappa shape index (κ2) is 13.4. The fourth-order valence-corrected chi connectivity index (χ4v) is 10.9. The van der Waals surface area contributed by atoms with Gasteiger partial charge < -0.3 is 59.1 Å². The van der Waals surface area contributed by atoms with Crippen molar-refractivity contribution >= 4 is 11.8 Å². The molecule has 2 heterocycles. The van der Waals surface area contributed by atoms with Crippen molar-refractivity contribution in [3.05, 3.63) is 11.6 Å². The molecule has 6 rings (SSSR count). The summed E-state index contributed by atoms with van der Waals surface area (Å²) in [4.78, 5) is 25.3. The third-order valence-electron chi connectivity index (χ3n) is 13.5. The number of carbonyl (C=O) groups is 2. The third kappa shape index (κ3) is 5.64. The Morgan fingerprint density at radius 2 is 1.60 bits per heavy atom. The molecule has 0 aromatic carbocycles. The van der Waals surface area contributed by atoms with Gasteiger partial charge >= 0.3 is 5.97 Å². The average Bonchev–Trinajstić information content (AvgIpc) is 3.33. The Bertz CT molecular complexity index is 1330. The van der Waals surface area contributed by atoms with Crippen LogP contribution in [-0.2, 0) is 38.0 Å². The molecule has 0 aromatic heterocycles. The smallest absolute Gasteiger partial charge is 0.303 e. The molecule has 6 aliphatic rings. The summed E-state index contributed by atoms with van der Waals surface area (Å²) < 4.78 is 35.3. The molecule has 50 heavy (non-hydrogen) atoms. The molecular formula is C36H56O14. The lowest BCUT2D eigenvalue weighted by Gasteiger charge is -2.67. The number of aliphatic hydroxyl groups excluding tert-OH is 4. The highest BCUT2D eigenvalue weighted by Crippen LogP contribution is 2.70. The first kappa shape index (κ1) is 38.2. The van der Waals surface area contributed by atoms with Crippen molar-refractivity contribution in [3.8, 4) is 0 Å². The molecule has 284 valence electrons.